The zero-order valence-electron chi connectivity index (χ0n) is 14.1. The van der Waals surface area contributed by atoms with E-state index in [9.17, 15) is 4.79 Å². The molecule has 1 amide bonds. The summed E-state index contributed by atoms with van der Waals surface area (Å²) in [6, 6.07) is 5.86. The van der Waals surface area contributed by atoms with Gasteiger partial charge in [-0.15, -0.1) is 0 Å². The van der Waals surface area contributed by atoms with Crippen molar-refractivity contribution in [1.29, 1.82) is 0 Å². The van der Waals surface area contributed by atoms with E-state index in [2.05, 4.69) is 30.2 Å². The molecule has 0 fully saturated rings. The Morgan fingerprint density at radius 2 is 2.28 bits per heavy atom. The summed E-state index contributed by atoms with van der Waals surface area (Å²) in [5, 5.41) is 4.22. The zero-order valence-corrected chi connectivity index (χ0v) is 18.5. The summed E-state index contributed by atoms with van der Waals surface area (Å²) in [4.78, 5) is 20.9. The van der Waals surface area contributed by atoms with E-state index in [4.69, 9.17) is 4.74 Å². The van der Waals surface area contributed by atoms with Crippen LogP contribution in [0.2, 0.25) is 0 Å². The van der Waals surface area contributed by atoms with Crippen LogP contribution in [0.4, 0.5) is 5.69 Å². The molecule has 3 heterocycles. The van der Waals surface area contributed by atoms with E-state index in [1.165, 1.54) is 0 Å². The summed E-state index contributed by atoms with van der Waals surface area (Å²) in [5.74, 6) is 1.82. The third kappa shape index (κ3) is 3.29. The Hall–Kier alpha value is -1.53. The SMILES string of the molecule is CN1C(=O)C([NH][Tl])COc2ccc(CN3CCn4ncnc4C3)cc21. The second-order valence-corrected chi connectivity index (χ2v) is 7.64. The molecule has 1 unspecified atom stereocenters. The minimum absolute atomic E-state index is 0.0597. The molecule has 1 N–H and O–H groups in total. The quantitative estimate of drug-likeness (QED) is 0.548. The van der Waals surface area contributed by atoms with Crippen molar-refractivity contribution in [3.05, 3.63) is 35.9 Å². The standard InChI is InChI=1S/C16H19N6O2.Tl/c1-20-13-6-11(2-3-14(13)24-9-12(17)16(20)23)7-21-4-5-22-15(8-21)18-10-19-22;/h2-3,6,10,12,17H,4-5,7-9H2,1H3;/q-1;+1. The van der Waals surface area contributed by atoms with Gasteiger partial charge in [-0.05, 0) is 0 Å². The molecule has 0 bridgehead atoms. The number of amides is 1. The van der Waals surface area contributed by atoms with Crippen LogP contribution >= 0.6 is 0 Å². The van der Waals surface area contributed by atoms with E-state index >= 15 is 0 Å². The van der Waals surface area contributed by atoms with Gasteiger partial charge in [-0.3, -0.25) is 0 Å². The van der Waals surface area contributed by atoms with Gasteiger partial charge in [-0.2, -0.15) is 5.10 Å². The number of carbonyl (C=O) groups is 1. The third-order valence-electron chi connectivity index (χ3n) is 4.72. The average Bonchev–Trinajstić information content (AvgIpc) is 3.05. The number of benzene rings is 1. The van der Waals surface area contributed by atoms with Gasteiger partial charge in [-0.25, -0.2) is 0 Å². The minimum atomic E-state index is -0.251. The van der Waals surface area contributed by atoms with E-state index in [0.717, 1.165) is 49.0 Å². The van der Waals surface area contributed by atoms with E-state index in [-0.39, 0.29) is 11.9 Å². The zero-order chi connectivity index (χ0) is 17.4. The number of aromatic nitrogens is 3. The summed E-state index contributed by atoms with van der Waals surface area (Å²) in [6.07, 6.45) is 1.61. The van der Waals surface area contributed by atoms with Crippen LogP contribution in [-0.4, -0.2) is 77.9 Å². The Kier molecular flexibility index (Phi) is 4.74. The molecule has 0 aliphatic carbocycles. The third-order valence-corrected chi connectivity index (χ3v) is 6.28. The molecule has 2 aliphatic heterocycles. The first-order valence-electron chi connectivity index (χ1n) is 8.24. The number of hydrogen-bond donors (Lipinski definition) is 1. The number of rotatable bonds is 3. The second-order valence-electron chi connectivity index (χ2n) is 6.34. The number of nitrogens with one attached hydrogen (secondary N) is 1. The van der Waals surface area contributed by atoms with E-state index in [1.807, 2.05) is 17.8 Å². The first-order chi connectivity index (χ1) is 12.2. The van der Waals surface area contributed by atoms with Gasteiger partial charge in [0.2, 0.25) is 0 Å². The maximum atomic E-state index is 12.5. The number of likely N-dealkylation sites (N-methyl/N-ethyl adjacent to an activating group) is 1. The van der Waals surface area contributed by atoms with Crippen LogP contribution < -0.4 is 12.8 Å². The maximum absolute atomic E-state index is 12.5. The van der Waals surface area contributed by atoms with Gasteiger partial charge in [0, 0.05) is 0 Å². The van der Waals surface area contributed by atoms with Crippen LogP contribution in [0.5, 0.6) is 5.75 Å². The molecular formula is C16H19N6O2Tl. The molecule has 0 saturated carbocycles. The fraction of sp³-hybridized carbons (Fsp3) is 0.438. The summed E-state index contributed by atoms with van der Waals surface area (Å²) in [7, 11) is 1.82. The van der Waals surface area contributed by atoms with Crippen LogP contribution in [-0.2, 0) is 24.4 Å². The molecule has 128 valence electrons. The first-order valence-corrected chi connectivity index (χ1v) is 10.5. The number of ether oxygens (including phenoxy) is 1. The Labute approximate surface area is 162 Å². The van der Waals surface area contributed by atoms with Gasteiger partial charge >= 0.3 is 151 Å². The molecule has 0 saturated heterocycles. The number of hydrogen-bond acceptors (Lipinski definition) is 6. The van der Waals surface area contributed by atoms with Crippen LogP contribution in [0.15, 0.2) is 24.5 Å². The predicted molar refractivity (Wildman–Crippen MR) is 92.2 cm³/mol. The summed E-state index contributed by atoms with van der Waals surface area (Å²) < 4.78 is 11.0. The Bertz CT molecular complexity index is 795. The van der Waals surface area contributed by atoms with Crippen molar-refractivity contribution < 1.29 is 9.53 Å². The molecule has 2 aliphatic rings. The molecule has 1 aromatic heterocycles. The summed E-state index contributed by atoms with van der Waals surface area (Å²) in [6.45, 7) is 3.78. The van der Waals surface area contributed by atoms with E-state index < -0.39 is 0 Å². The van der Waals surface area contributed by atoms with Crippen molar-refractivity contribution in [2.75, 3.05) is 25.1 Å². The van der Waals surface area contributed by atoms with Crippen molar-refractivity contribution in [2.45, 2.75) is 25.7 Å². The van der Waals surface area contributed by atoms with Crippen LogP contribution in [0.25, 0.3) is 0 Å². The normalized spacial score (nSPS) is 20.6. The number of anilines is 1. The molecule has 1 aromatic carbocycles. The van der Waals surface area contributed by atoms with Crippen molar-refractivity contribution in [3.63, 3.8) is 0 Å². The fourth-order valence-corrected chi connectivity index (χ4v) is 4.20. The van der Waals surface area contributed by atoms with Gasteiger partial charge in [0.1, 0.15) is 6.33 Å². The Morgan fingerprint density at radius 1 is 1.40 bits per heavy atom. The summed E-state index contributed by atoms with van der Waals surface area (Å²) in [5.41, 5.74) is 2.00. The van der Waals surface area contributed by atoms with Crippen molar-refractivity contribution in [2.24, 2.45) is 0 Å². The van der Waals surface area contributed by atoms with Crippen LogP contribution in [0, 0.1) is 0 Å². The number of carbonyl (C=O) groups excluding carboxylic acids is 1. The van der Waals surface area contributed by atoms with Crippen molar-refractivity contribution in [3.8, 4) is 5.75 Å². The van der Waals surface area contributed by atoms with Gasteiger partial charge in [-0.1, -0.05) is 0 Å². The van der Waals surface area contributed by atoms with Gasteiger partial charge in [0.15, 0.2) is 0 Å². The molecule has 0 spiro atoms. The molecular weight excluding hydrogens is 513 g/mol. The van der Waals surface area contributed by atoms with Crippen LogP contribution in [0.3, 0.4) is 0 Å². The van der Waals surface area contributed by atoms with E-state index in [0.29, 0.717) is 32.7 Å². The predicted octanol–water partition coefficient (Wildman–Crippen LogP) is -0.309. The monoisotopic (exact) mass is 532 g/mol. The van der Waals surface area contributed by atoms with Gasteiger partial charge in [0.05, 0.1) is 0 Å². The molecule has 0 radical (unpaired) electrons. The van der Waals surface area contributed by atoms with Crippen molar-refractivity contribution in [1.82, 2.24) is 22.8 Å². The molecule has 25 heavy (non-hydrogen) atoms. The molecule has 2 aromatic rings. The van der Waals surface area contributed by atoms with E-state index in [1.54, 1.807) is 11.2 Å². The topological polar surface area (TPSA) is 75.5 Å². The number of nitrogens with zero attached hydrogens (tertiary/aromatic N) is 5. The van der Waals surface area contributed by atoms with Gasteiger partial charge in [0.25, 0.3) is 0 Å². The van der Waals surface area contributed by atoms with Gasteiger partial charge < -0.3 is 0 Å². The first kappa shape index (κ1) is 16.9. The number of fused-ring (bicyclic) bond motifs is 2. The average molecular weight is 532 g/mol. The molecule has 8 nitrogen and oxygen atoms in total. The second kappa shape index (κ2) is 7.00. The molecule has 1 atom stereocenters. The summed E-state index contributed by atoms with van der Waals surface area (Å²) >= 11 is 0.550. The van der Waals surface area contributed by atoms with Crippen molar-refractivity contribution >= 4 is 37.7 Å². The Balaban J connectivity index is 1.54. The molecule has 4 rings (SSSR count). The fourth-order valence-electron chi connectivity index (χ4n) is 3.27. The molecule has 9 heteroatoms. The van der Waals surface area contributed by atoms with Crippen LogP contribution in [0.1, 0.15) is 11.4 Å². The Morgan fingerprint density at radius 3 is 3.12 bits per heavy atom.